The molecular weight excluding hydrogens is 391 g/mol. The number of hydrogen-bond donors (Lipinski definition) is 3. The van der Waals surface area contributed by atoms with Crippen LogP contribution in [0.5, 0.6) is 0 Å². The van der Waals surface area contributed by atoms with E-state index in [1.165, 1.54) is 0 Å². The molecule has 9 heteroatoms. The molecule has 164 valence electrons. The predicted octanol–water partition coefficient (Wildman–Crippen LogP) is 2.02. The summed E-state index contributed by atoms with van der Waals surface area (Å²) >= 11 is 0. The standard InChI is InChI=1S/C21H29FN4O4/c22-20-15(13-30-19(27)12-18(23)24)2-1-3-17(20)25-16-4-8-26(9-5-16)21(28)14-6-10-29-11-7-14/h1-3,14,16,25H,4-13H2,(H3,23,24). The number of rotatable bonds is 7. The summed E-state index contributed by atoms with van der Waals surface area (Å²) in [6, 6.07) is 4.96. The average molecular weight is 420 g/mol. The maximum Gasteiger partial charge on any atom is 0.313 e. The molecule has 2 aliphatic rings. The molecular formula is C21H29FN4O4. The molecule has 8 nitrogen and oxygen atoms in total. The second-order valence-corrected chi connectivity index (χ2v) is 7.77. The minimum Gasteiger partial charge on any atom is -0.460 e. The molecule has 0 saturated carbocycles. The van der Waals surface area contributed by atoms with Crippen LogP contribution < -0.4 is 11.1 Å². The van der Waals surface area contributed by atoms with Gasteiger partial charge in [-0.2, -0.15) is 0 Å². The van der Waals surface area contributed by atoms with Crippen molar-refractivity contribution in [2.45, 2.75) is 44.8 Å². The minimum atomic E-state index is -0.665. The summed E-state index contributed by atoms with van der Waals surface area (Å²) < 4.78 is 25.1. The van der Waals surface area contributed by atoms with E-state index in [0.717, 1.165) is 25.7 Å². The van der Waals surface area contributed by atoms with Crippen molar-refractivity contribution < 1.29 is 23.5 Å². The van der Waals surface area contributed by atoms with Crippen LogP contribution in [0, 0.1) is 17.1 Å². The highest BCUT2D eigenvalue weighted by molar-refractivity contribution is 5.94. The Hall–Kier alpha value is -2.68. The van der Waals surface area contributed by atoms with Gasteiger partial charge in [0.15, 0.2) is 5.82 Å². The molecule has 2 heterocycles. The third-order valence-electron chi connectivity index (χ3n) is 5.54. The van der Waals surface area contributed by atoms with Gasteiger partial charge >= 0.3 is 5.97 Å². The molecule has 0 bridgehead atoms. The van der Waals surface area contributed by atoms with Crippen LogP contribution >= 0.6 is 0 Å². The number of benzene rings is 1. The smallest absolute Gasteiger partial charge is 0.313 e. The summed E-state index contributed by atoms with van der Waals surface area (Å²) in [7, 11) is 0. The van der Waals surface area contributed by atoms with Crippen molar-refractivity contribution in [3.8, 4) is 0 Å². The number of nitrogens with zero attached hydrogens (tertiary/aromatic N) is 1. The molecule has 2 fully saturated rings. The summed E-state index contributed by atoms with van der Waals surface area (Å²) in [5.74, 6) is -1.16. The number of esters is 1. The lowest BCUT2D eigenvalue weighted by Crippen LogP contribution is -2.45. The molecule has 1 aromatic carbocycles. The van der Waals surface area contributed by atoms with Crippen molar-refractivity contribution in [2.75, 3.05) is 31.6 Å². The maximum absolute atomic E-state index is 14.8. The van der Waals surface area contributed by atoms with Gasteiger partial charge in [-0.25, -0.2) is 4.39 Å². The van der Waals surface area contributed by atoms with E-state index >= 15 is 0 Å². The van der Waals surface area contributed by atoms with Crippen LogP contribution in [0.4, 0.5) is 10.1 Å². The highest BCUT2D eigenvalue weighted by Crippen LogP contribution is 2.24. The van der Waals surface area contributed by atoms with Crippen LogP contribution in [0.25, 0.3) is 0 Å². The molecule has 1 amide bonds. The summed E-state index contributed by atoms with van der Waals surface area (Å²) in [4.78, 5) is 26.1. The zero-order valence-corrected chi connectivity index (χ0v) is 17.0. The number of anilines is 1. The third-order valence-corrected chi connectivity index (χ3v) is 5.54. The van der Waals surface area contributed by atoms with E-state index in [1.54, 1.807) is 18.2 Å². The molecule has 1 aromatic rings. The van der Waals surface area contributed by atoms with Crippen LogP contribution in [0.1, 0.15) is 37.7 Å². The Kier molecular flexibility index (Phi) is 7.62. The van der Waals surface area contributed by atoms with Gasteiger partial charge in [0.2, 0.25) is 5.91 Å². The number of likely N-dealkylation sites (tertiary alicyclic amines) is 1. The predicted molar refractivity (Wildman–Crippen MR) is 109 cm³/mol. The Morgan fingerprint density at radius 2 is 1.93 bits per heavy atom. The minimum absolute atomic E-state index is 0.0584. The SMILES string of the molecule is N=C(N)CC(=O)OCc1cccc(NC2CCN(C(=O)C3CCOCC3)CC2)c1F. The molecule has 2 saturated heterocycles. The average Bonchev–Trinajstić information content (AvgIpc) is 2.74. The number of carbonyl (C=O) groups excluding carboxylic acids is 2. The van der Waals surface area contributed by atoms with Gasteiger partial charge in [0.25, 0.3) is 0 Å². The first-order valence-electron chi connectivity index (χ1n) is 10.3. The Labute approximate surface area is 175 Å². The van der Waals surface area contributed by atoms with E-state index in [0.29, 0.717) is 32.0 Å². The van der Waals surface area contributed by atoms with Gasteiger partial charge in [-0.05, 0) is 31.7 Å². The molecule has 0 atom stereocenters. The lowest BCUT2D eigenvalue weighted by atomic mass is 9.96. The molecule has 3 rings (SSSR count). The summed E-state index contributed by atoms with van der Waals surface area (Å²) in [5, 5.41) is 10.3. The fourth-order valence-electron chi connectivity index (χ4n) is 3.83. The number of nitrogens with one attached hydrogen (secondary N) is 2. The van der Waals surface area contributed by atoms with E-state index < -0.39 is 11.8 Å². The molecule has 0 unspecified atom stereocenters. The van der Waals surface area contributed by atoms with Gasteiger partial charge in [-0.1, -0.05) is 12.1 Å². The first-order valence-corrected chi connectivity index (χ1v) is 10.3. The highest BCUT2D eigenvalue weighted by atomic mass is 19.1. The highest BCUT2D eigenvalue weighted by Gasteiger charge is 2.29. The number of ether oxygens (including phenoxy) is 2. The zero-order valence-electron chi connectivity index (χ0n) is 17.0. The van der Waals surface area contributed by atoms with E-state index in [-0.39, 0.29) is 42.3 Å². The lowest BCUT2D eigenvalue weighted by molar-refractivity contribution is -0.143. The second kappa shape index (κ2) is 10.4. The molecule has 0 aromatic heterocycles. The molecule has 0 radical (unpaired) electrons. The van der Waals surface area contributed by atoms with Crippen LogP contribution in [0.15, 0.2) is 18.2 Å². The monoisotopic (exact) mass is 420 g/mol. The van der Waals surface area contributed by atoms with E-state index in [2.05, 4.69) is 5.32 Å². The number of halogens is 1. The molecule has 0 aliphatic carbocycles. The normalized spacial score (nSPS) is 18.1. The van der Waals surface area contributed by atoms with E-state index in [9.17, 15) is 14.0 Å². The number of piperidine rings is 1. The van der Waals surface area contributed by atoms with Crippen molar-refractivity contribution >= 4 is 23.4 Å². The number of amides is 1. The Balaban J connectivity index is 1.50. The Morgan fingerprint density at radius 3 is 2.60 bits per heavy atom. The van der Waals surface area contributed by atoms with Crippen LogP contribution in [0.3, 0.4) is 0 Å². The molecule has 30 heavy (non-hydrogen) atoms. The largest absolute Gasteiger partial charge is 0.460 e. The quantitative estimate of drug-likeness (QED) is 0.353. The van der Waals surface area contributed by atoms with Crippen LogP contribution in [-0.2, 0) is 25.7 Å². The van der Waals surface area contributed by atoms with Gasteiger partial charge in [0, 0.05) is 43.8 Å². The van der Waals surface area contributed by atoms with E-state index in [4.69, 9.17) is 20.6 Å². The second-order valence-electron chi connectivity index (χ2n) is 7.77. The summed E-state index contributed by atoms with van der Waals surface area (Å²) in [6.45, 7) is 2.38. The number of amidine groups is 1. The van der Waals surface area contributed by atoms with Crippen molar-refractivity contribution in [3.05, 3.63) is 29.6 Å². The fraction of sp³-hybridized carbons (Fsp3) is 0.571. The summed E-state index contributed by atoms with van der Waals surface area (Å²) in [6.07, 6.45) is 2.74. The number of hydrogen-bond acceptors (Lipinski definition) is 6. The molecule has 4 N–H and O–H groups in total. The van der Waals surface area contributed by atoms with Crippen molar-refractivity contribution in [1.29, 1.82) is 5.41 Å². The fourth-order valence-corrected chi connectivity index (χ4v) is 3.83. The van der Waals surface area contributed by atoms with Crippen molar-refractivity contribution in [3.63, 3.8) is 0 Å². The Morgan fingerprint density at radius 1 is 1.23 bits per heavy atom. The first-order chi connectivity index (χ1) is 14.4. The third kappa shape index (κ3) is 5.91. The lowest BCUT2D eigenvalue weighted by Gasteiger charge is -2.35. The van der Waals surface area contributed by atoms with Gasteiger partial charge in [0.1, 0.15) is 18.9 Å². The van der Waals surface area contributed by atoms with Gasteiger partial charge < -0.3 is 25.4 Å². The number of nitrogens with two attached hydrogens (primary N) is 1. The summed E-state index contributed by atoms with van der Waals surface area (Å²) in [5.41, 5.74) is 5.76. The van der Waals surface area contributed by atoms with Crippen molar-refractivity contribution in [1.82, 2.24) is 4.90 Å². The van der Waals surface area contributed by atoms with Crippen LogP contribution in [-0.4, -0.2) is 55.0 Å². The maximum atomic E-state index is 14.8. The molecule has 0 spiro atoms. The topological polar surface area (TPSA) is 118 Å². The molecule has 2 aliphatic heterocycles. The first kappa shape index (κ1) is 22.0. The van der Waals surface area contributed by atoms with Gasteiger partial charge in [-0.15, -0.1) is 0 Å². The Bertz CT molecular complexity index is 774. The van der Waals surface area contributed by atoms with E-state index in [1.807, 2.05) is 4.90 Å². The van der Waals surface area contributed by atoms with Gasteiger partial charge in [-0.3, -0.25) is 15.0 Å². The number of carbonyl (C=O) groups is 2. The van der Waals surface area contributed by atoms with Crippen LogP contribution in [0.2, 0.25) is 0 Å². The zero-order chi connectivity index (χ0) is 21.5. The van der Waals surface area contributed by atoms with Crippen molar-refractivity contribution in [2.24, 2.45) is 11.7 Å². The van der Waals surface area contributed by atoms with Gasteiger partial charge in [0.05, 0.1) is 5.69 Å².